The fourth-order valence-electron chi connectivity index (χ4n) is 4.16. The minimum Gasteiger partial charge on any atom is -0.507 e. The average Bonchev–Trinajstić information content (AvgIpc) is 2.69. The number of hydrogen-bond donors (Lipinski definition) is 4. The van der Waals surface area contributed by atoms with Gasteiger partial charge in [-0.3, -0.25) is 14.6 Å². The molecule has 12 heteroatoms. The number of phosphoric ester groups is 1. The van der Waals surface area contributed by atoms with Crippen molar-refractivity contribution >= 4 is 43.7 Å². The molecular formula is C21H20BClNO8P. The number of aliphatic hydroxyl groups excluding tert-OH is 1. The van der Waals surface area contributed by atoms with Gasteiger partial charge in [-0.1, -0.05) is 29.2 Å². The van der Waals surface area contributed by atoms with Gasteiger partial charge < -0.3 is 24.1 Å². The maximum absolute atomic E-state index is 13.0. The van der Waals surface area contributed by atoms with Gasteiger partial charge in [0, 0.05) is 35.7 Å². The van der Waals surface area contributed by atoms with Crippen molar-refractivity contribution in [2.75, 3.05) is 20.1 Å². The van der Waals surface area contributed by atoms with Crippen LogP contribution in [0.1, 0.15) is 17.9 Å². The molecule has 0 unspecified atom stereocenters. The lowest BCUT2D eigenvalue weighted by Gasteiger charge is -2.34. The van der Waals surface area contributed by atoms with Gasteiger partial charge in [-0.05, 0) is 26.1 Å². The van der Waals surface area contributed by atoms with Crippen molar-refractivity contribution in [2.45, 2.75) is 18.4 Å². The number of benzene rings is 2. The van der Waals surface area contributed by atoms with Gasteiger partial charge in [-0.2, -0.15) is 0 Å². The number of likely N-dealkylation sites (N-methyl/N-ethyl adjacent to an activating group) is 1. The summed E-state index contributed by atoms with van der Waals surface area (Å²) in [5.74, 6) is -1.64. The van der Waals surface area contributed by atoms with Crippen LogP contribution in [-0.4, -0.2) is 59.0 Å². The highest BCUT2D eigenvalue weighted by Crippen LogP contribution is 2.48. The number of nitrogens with zero attached hydrogens (tertiary/aromatic N) is 1. The van der Waals surface area contributed by atoms with Crippen LogP contribution in [-0.2, 0) is 4.57 Å². The van der Waals surface area contributed by atoms with Gasteiger partial charge in [0.25, 0.3) is 0 Å². The van der Waals surface area contributed by atoms with Crippen LogP contribution in [0.4, 0.5) is 0 Å². The summed E-state index contributed by atoms with van der Waals surface area (Å²) in [6.07, 6.45) is -0.581. The van der Waals surface area contributed by atoms with Gasteiger partial charge in [0.1, 0.15) is 36.1 Å². The Kier molecular flexibility index (Phi) is 6.35. The zero-order valence-corrected chi connectivity index (χ0v) is 19.1. The summed E-state index contributed by atoms with van der Waals surface area (Å²) in [7, 11) is 2.62. The van der Waals surface area contributed by atoms with E-state index in [1.165, 1.54) is 12.1 Å². The monoisotopic (exact) mass is 491 g/mol. The summed E-state index contributed by atoms with van der Waals surface area (Å²) < 4.78 is 22.5. The van der Waals surface area contributed by atoms with Crippen LogP contribution in [0.3, 0.4) is 0 Å². The number of likely N-dealkylation sites (tertiary alicyclic amines) is 1. The third-order valence-corrected chi connectivity index (χ3v) is 6.37. The van der Waals surface area contributed by atoms with Crippen LogP contribution in [0.25, 0.3) is 22.3 Å². The van der Waals surface area contributed by atoms with Gasteiger partial charge in [-0.25, -0.2) is 4.57 Å². The van der Waals surface area contributed by atoms with Gasteiger partial charge >= 0.3 is 7.82 Å². The molecule has 3 aromatic rings. The molecule has 9 nitrogen and oxygen atoms in total. The quantitative estimate of drug-likeness (QED) is 0.318. The van der Waals surface area contributed by atoms with E-state index in [4.69, 9.17) is 28.4 Å². The van der Waals surface area contributed by atoms with E-state index in [0.29, 0.717) is 24.0 Å². The summed E-state index contributed by atoms with van der Waals surface area (Å²) in [6.45, 7) is 0.831. The van der Waals surface area contributed by atoms with Crippen LogP contribution < -0.4 is 15.4 Å². The van der Waals surface area contributed by atoms with E-state index >= 15 is 0 Å². The third-order valence-electron chi connectivity index (χ3n) is 5.61. The number of hydrogen-bond acceptors (Lipinski definition) is 7. The first-order valence-corrected chi connectivity index (χ1v) is 11.9. The fourth-order valence-corrected chi connectivity index (χ4v) is 4.78. The van der Waals surface area contributed by atoms with Crippen molar-refractivity contribution in [3.8, 4) is 22.8 Å². The van der Waals surface area contributed by atoms with E-state index in [0.717, 1.165) is 12.1 Å². The molecule has 1 saturated heterocycles. The maximum atomic E-state index is 13.0. The van der Waals surface area contributed by atoms with Crippen LogP contribution >= 0.6 is 19.4 Å². The van der Waals surface area contributed by atoms with E-state index in [9.17, 15) is 29.4 Å². The SMILES string of the molecule is [B]c1ccc(Cl)c(-c2cc(=O)c3c(O)cc(OP(=O)(O)O)c([C@H]4CCN(C)C[C@H]4O)c3o2)c1. The second kappa shape index (κ2) is 8.79. The second-order valence-corrected chi connectivity index (χ2v) is 9.60. The molecule has 4 N–H and O–H groups in total. The molecule has 1 aliphatic rings. The van der Waals surface area contributed by atoms with Crippen LogP contribution in [0.15, 0.2) is 39.5 Å². The van der Waals surface area contributed by atoms with Crippen molar-refractivity contribution < 1.29 is 33.5 Å². The highest BCUT2D eigenvalue weighted by molar-refractivity contribution is 7.46. The largest absolute Gasteiger partial charge is 0.524 e. The molecule has 172 valence electrons. The number of phosphoric acid groups is 1. The number of aliphatic hydroxyl groups is 1. The average molecular weight is 492 g/mol. The van der Waals surface area contributed by atoms with Crippen LogP contribution in [0, 0.1) is 0 Å². The minimum absolute atomic E-state index is 0.0289. The molecule has 2 aromatic carbocycles. The van der Waals surface area contributed by atoms with Crippen LogP contribution in [0.5, 0.6) is 11.5 Å². The first kappa shape index (κ1) is 23.8. The number of phenols is 1. The van der Waals surface area contributed by atoms with Crippen molar-refractivity contribution in [1.82, 2.24) is 4.90 Å². The Hall–Kier alpha value is -2.33. The molecule has 1 aromatic heterocycles. The molecule has 1 fully saturated rings. The molecule has 2 radical (unpaired) electrons. The summed E-state index contributed by atoms with van der Waals surface area (Å²) >= 11 is 6.27. The number of halogens is 1. The smallest absolute Gasteiger partial charge is 0.507 e. The molecule has 0 saturated carbocycles. The molecule has 4 rings (SSSR count). The van der Waals surface area contributed by atoms with Gasteiger partial charge in [0.2, 0.25) is 0 Å². The Morgan fingerprint density at radius 3 is 2.67 bits per heavy atom. The number of aromatic hydroxyl groups is 1. The predicted octanol–water partition coefficient (Wildman–Crippen LogP) is 1.86. The molecule has 0 aliphatic carbocycles. The van der Waals surface area contributed by atoms with Gasteiger partial charge in [0.05, 0.1) is 11.1 Å². The lowest BCUT2D eigenvalue weighted by atomic mass is 9.85. The molecule has 2 atom stereocenters. The lowest BCUT2D eigenvalue weighted by molar-refractivity contribution is 0.0632. The summed E-state index contributed by atoms with van der Waals surface area (Å²) in [5, 5.41) is 21.3. The molecule has 2 heterocycles. The fraction of sp³-hybridized carbons (Fsp3) is 0.286. The van der Waals surface area contributed by atoms with Crippen molar-refractivity contribution in [1.29, 1.82) is 0 Å². The Morgan fingerprint density at radius 1 is 1.27 bits per heavy atom. The number of fused-ring (bicyclic) bond motifs is 1. The second-order valence-electron chi connectivity index (χ2n) is 8.03. The number of piperidine rings is 1. The first-order valence-electron chi connectivity index (χ1n) is 9.95. The van der Waals surface area contributed by atoms with Crippen molar-refractivity contribution in [3.63, 3.8) is 0 Å². The summed E-state index contributed by atoms with van der Waals surface area (Å²) in [4.78, 5) is 33.7. The van der Waals surface area contributed by atoms with Gasteiger partial charge in [-0.15, -0.1) is 0 Å². The van der Waals surface area contributed by atoms with Crippen LogP contribution in [0.2, 0.25) is 5.02 Å². The number of phenolic OH excluding ortho intramolecular Hbond substituents is 1. The first-order chi connectivity index (χ1) is 15.4. The van der Waals surface area contributed by atoms with Crippen molar-refractivity contribution in [2.24, 2.45) is 0 Å². The highest BCUT2D eigenvalue weighted by atomic mass is 35.5. The van der Waals surface area contributed by atoms with E-state index in [1.807, 2.05) is 11.9 Å². The summed E-state index contributed by atoms with van der Waals surface area (Å²) in [6, 6.07) is 6.70. The minimum atomic E-state index is -5.05. The predicted molar refractivity (Wildman–Crippen MR) is 124 cm³/mol. The molecule has 0 spiro atoms. The van der Waals surface area contributed by atoms with E-state index in [2.05, 4.69) is 0 Å². The zero-order valence-electron chi connectivity index (χ0n) is 17.4. The Bertz CT molecular complexity index is 1340. The van der Waals surface area contributed by atoms with Gasteiger partial charge in [0.15, 0.2) is 5.43 Å². The summed E-state index contributed by atoms with van der Waals surface area (Å²) in [5.41, 5.74) is -0.0248. The molecular weight excluding hydrogens is 471 g/mol. The van der Waals surface area contributed by atoms with Crippen molar-refractivity contribution in [3.05, 3.63) is 51.1 Å². The Balaban J connectivity index is 2.06. The van der Waals surface area contributed by atoms with E-state index in [1.54, 1.807) is 6.07 Å². The number of β-amino-alcohol motifs (C(OH)–C–C–N with tert-alkyl or cyclic N) is 1. The maximum Gasteiger partial charge on any atom is 0.524 e. The number of rotatable bonds is 4. The molecule has 0 amide bonds. The Labute approximate surface area is 194 Å². The molecule has 0 bridgehead atoms. The zero-order chi connectivity index (χ0) is 24.1. The third kappa shape index (κ3) is 4.82. The molecule has 33 heavy (non-hydrogen) atoms. The standard InChI is InChI=1S/C21H20BClNO8P/c1-24-5-4-11(16(27)9-24)19-18(32-33(28,29)30)8-15(26)20-14(25)7-17(31-21(19)20)12-6-10(22)2-3-13(12)23/h2-3,6-8,11,16,26-27H,4-5,9H2,1H3,(H2,28,29,30)/t11-,16+/m0/s1. The van der Waals surface area contributed by atoms with E-state index in [-0.39, 0.29) is 39.6 Å². The lowest BCUT2D eigenvalue weighted by Crippen LogP contribution is -2.40. The topological polar surface area (TPSA) is 141 Å². The normalized spacial score (nSPS) is 19.7. The highest BCUT2D eigenvalue weighted by Gasteiger charge is 2.35. The molecule has 1 aliphatic heterocycles. The van der Waals surface area contributed by atoms with E-state index < -0.39 is 31.0 Å². The Morgan fingerprint density at radius 2 is 2.00 bits per heavy atom.